The number of benzene rings is 1. The number of nitrogens with one attached hydrogen (secondary N) is 1. The average Bonchev–Trinajstić information content (AvgIpc) is 3.05. The second kappa shape index (κ2) is 6.63. The fraction of sp³-hybridized carbons (Fsp3) is 0.0667. The molecular formula is C15H8F3IN2O2S. The van der Waals surface area contributed by atoms with Gasteiger partial charge in [-0.15, -0.1) is 0 Å². The summed E-state index contributed by atoms with van der Waals surface area (Å²) in [6, 6.07) is 8.06. The molecule has 24 heavy (non-hydrogen) atoms. The van der Waals surface area contributed by atoms with Gasteiger partial charge < -0.3 is 9.73 Å². The number of nitrogens with zero attached hydrogens (tertiary/aromatic N) is 1. The van der Waals surface area contributed by atoms with Crippen molar-refractivity contribution >= 4 is 57.2 Å². The number of amides is 1. The second-order valence-electron chi connectivity index (χ2n) is 4.67. The molecule has 2 aromatic rings. The van der Waals surface area contributed by atoms with Crippen LogP contribution in [0.25, 0.3) is 6.08 Å². The summed E-state index contributed by atoms with van der Waals surface area (Å²) in [5.74, 6) is 0.134. The molecule has 0 aliphatic carbocycles. The fourth-order valence-electron chi connectivity index (χ4n) is 1.88. The third-order valence-corrected chi connectivity index (χ3v) is 4.41. The van der Waals surface area contributed by atoms with Crippen LogP contribution in [0.5, 0.6) is 0 Å². The van der Waals surface area contributed by atoms with Crippen molar-refractivity contribution in [3.63, 3.8) is 0 Å². The molecule has 0 spiro atoms. The summed E-state index contributed by atoms with van der Waals surface area (Å²) >= 11 is 3.04. The Morgan fingerprint density at radius 1 is 1.25 bits per heavy atom. The molecule has 0 bridgehead atoms. The van der Waals surface area contributed by atoms with Crippen LogP contribution in [-0.4, -0.2) is 11.1 Å². The van der Waals surface area contributed by atoms with Crippen LogP contribution in [0.2, 0.25) is 0 Å². The number of halogens is 4. The van der Waals surface area contributed by atoms with Gasteiger partial charge in [0.25, 0.3) is 5.91 Å². The van der Waals surface area contributed by atoms with E-state index >= 15 is 0 Å². The topological polar surface area (TPSA) is 54.6 Å². The molecule has 0 unspecified atom stereocenters. The zero-order valence-electron chi connectivity index (χ0n) is 11.7. The van der Waals surface area contributed by atoms with Gasteiger partial charge in [0.15, 0.2) is 8.93 Å². The largest absolute Gasteiger partial charge is 0.451 e. The predicted molar refractivity (Wildman–Crippen MR) is 93.7 cm³/mol. The van der Waals surface area contributed by atoms with Gasteiger partial charge in [-0.3, -0.25) is 4.79 Å². The Balaban J connectivity index is 1.83. The monoisotopic (exact) mass is 464 g/mol. The van der Waals surface area contributed by atoms with Crippen molar-refractivity contribution in [1.29, 1.82) is 0 Å². The van der Waals surface area contributed by atoms with E-state index in [-0.39, 0.29) is 16.8 Å². The van der Waals surface area contributed by atoms with Gasteiger partial charge in [0, 0.05) is 6.08 Å². The number of amidine groups is 1. The Bertz CT molecular complexity index is 858. The van der Waals surface area contributed by atoms with E-state index in [0.29, 0.717) is 14.4 Å². The van der Waals surface area contributed by atoms with Crippen LogP contribution >= 0.6 is 34.4 Å². The maximum atomic E-state index is 12.7. The van der Waals surface area contributed by atoms with Gasteiger partial charge in [-0.2, -0.15) is 13.2 Å². The Labute approximate surface area is 152 Å². The predicted octanol–water partition coefficient (Wildman–Crippen LogP) is 4.79. The lowest BCUT2D eigenvalue weighted by Gasteiger charge is -2.06. The molecule has 0 saturated carbocycles. The van der Waals surface area contributed by atoms with Gasteiger partial charge >= 0.3 is 6.18 Å². The van der Waals surface area contributed by atoms with Crippen LogP contribution in [0, 0.1) is 3.77 Å². The Kier molecular flexibility index (Phi) is 4.72. The molecule has 2 heterocycles. The van der Waals surface area contributed by atoms with Crippen LogP contribution in [0.15, 0.2) is 50.7 Å². The highest BCUT2D eigenvalue weighted by Gasteiger charge is 2.30. The van der Waals surface area contributed by atoms with E-state index in [1.807, 2.05) is 22.6 Å². The highest BCUT2D eigenvalue weighted by Crippen LogP contribution is 2.33. The Morgan fingerprint density at radius 3 is 2.71 bits per heavy atom. The minimum atomic E-state index is -4.44. The van der Waals surface area contributed by atoms with Crippen molar-refractivity contribution in [3.05, 3.63) is 56.4 Å². The molecule has 1 fully saturated rings. The summed E-state index contributed by atoms with van der Waals surface area (Å²) in [5.41, 5.74) is -0.680. The van der Waals surface area contributed by atoms with E-state index in [9.17, 15) is 18.0 Å². The molecule has 0 atom stereocenters. The van der Waals surface area contributed by atoms with Gasteiger partial charge in [0.1, 0.15) is 5.76 Å². The molecule has 1 aromatic heterocycles. The molecule has 1 saturated heterocycles. The standard InChI is InChI=1S/C15H8F3IN2O2S/c16-15(17,18)8-2-1-3-9(6-8)20-14-21-13(22)11(24-14)7-10-4-5-12(19)23-10/h1-7H,(H,20,21,22)/b11-7-. The van der Waals surface area contributed by atoms with Gasteiger partial charge in [-0.25, -0.2) is 4.99 Å². The van der Waals surface area contributed by atoms with Crippen molar-refractivity contribution in [2.75, 3.05) is 0 Å². The number of hydrogen-bond acceptors (Lipinski definition) is 4. The first-order valence-electron chi connectivity index (χ1n) is 6.53. The highest BCUT2D eigenvalue weighted by molar-refractivity contribution is 14.1. The summed E-state index contributed by atoms with van der Waals surface area (Å²) in [7, 11) is 0. The van der Waals surface area contributed by atoms with E-state index < -0.39 is 11.7 Å². The summed E-state index contributed by atoms with van der Waals surface area (Å²) in [6.07, 6.45) is -2.89. The molecule has 1 amide bonds. The van der Waals surface area contributed by atoms with Crippen molar-refractivity contribution in [3.8, 4) is 0 Å². The van der Waals surface area contributed by atoms with Crippen molar-refractivity contribution < 1.29 is 22.4 Å². The first-order valence-corrected chi connectivity index (χ1v) is 8.43. The maximum absolute atomic E-state index is 12.7. The summed E-state index contributed by atoms with van der Waals surface area (Å²) < 4.78 is 44.2. The third-order valence-electron chi connectivity index (χ3n) is 2.92. The third kappa shape index (κ3) is 4.01. The van der Waals surface area contributed by atoms with Gasteiger partial charge in [-0.1, -0.05) is 6.07 Å². The van der Waals surface area contributed by atoms with Crippen LogP contribution < -0.4 is 5.32 Å². The molecule has 1 aromatic carbocycles. The zero-order valence-corrected chi connectivity index (χ0v) is 14.7. The zero-order chi connectivity index (χ0) is 17.3. The van der Waals surface area contributed by atoms with Crippen LogP contribution in [0.3, 0.4) is 0 Å². The number of rotatable bonds is 2. The van der Waals surface area contributed by atoms with E-state index in [1.54, 1.807) is 18.2 Å². The molecule has 1 N–H and O–H groups in total. The lowest BCUT2D eigenvalue weighted by atomic mass is 10.2. The molecular weight excluding hydrogens is 456 g/mol. The highest BCUT2D eigenvalue weighted by atomic mass is 127. The number of furan rings is 1. The smallest absolute Gasteiger partial charge is 0.416 e. The molecule has 1 aliphatic rings. The van der Waals surface area contributed by atoms with E-state index in [4.69, 9.17) is 4.42 Å². The van der Waals surface area contributed by atoms with Crippen LogP contribution in [0.4, 0.5) is 18.9 Å². The molecule has 124 valence electrons. The Morgan fingerprint density at radius 2 is 2.04 bits per heavy atom. The second-order valence-corrected chi connectivity index (χ2v) is 6.77. The van der Waals surface area contributed by atoms with Crippen molar-refractivity contribution in [2.45, 2.75) is 6.18 Å². The van der Waals surface area contributed by atoms with Gasteiger partial charge in [0.05, 0.1) is 16.2 Å². The van der Waals surface area contributed by atoms with E-state index in [1.165, 1.54) is 12.1 Å². The van der Waals surface area contributed by atoms with Crippen LogP contribution in [-0.2, 0) is 11.0 Å². The molecule has 4 nitrogen and oxygen atoms in total. The minimum absolute atomic E-state index is 0.112. The quantitative estimate of drug-likeness (QED) is 0.514. The SMILES string of the molecule is O=C1NC(=Nc2cccc(C(F)(F)F)c2)S/C1=C\c1ccc(I)o1. The van der Waals surface area contributed by atoms with Crippen molar-refractivity contribution in [2.24, 2.45) is 4.99 Å². The number of alkyl halides is 3. The molecule has 1 aliphatic heterocycles. The lowest BCUT2D eigenvalue weighted by Crippen LogP contribution is -2.19. The van der Waals surface area contributed by atoms with Crippen molar-refractivity contribution in [1.82, 2.24) is 5.32 Å². The lowest BCUT2D eigenvalue weighted by molar-refractivity contribution is -0.137. The van der Waals surface area contributed by atoms with Gasteiger partial charge in [-0.05, 0) is 64.7 Å². The minimum Gasteiger partial charge on any atom is -0.451 e. The first-order chi connectivity index (χ1) is 11.3. The van der Waals surface area contributed by atoms with Crippen LogP contribution in [0.1, 0.15) is 11.3 Å². The first kappa shape index (κ1) is 17.1. The maximum Gasteiger partial charge on any atom is 0.416 e. The Hall–Kier alpha value is -1.75. The number of carbonyl (C=O) groups is 1. The summed E-state index contributed by atoms with van der Waals surface area (Å²) in [5, 5.41) is 2.73. The normalized spacial score (nSPS) is 18.4. The number of carbonyl (C=O) groups excluding carboxylic acids is 1. The number of aliphatic imine (C=N–C) groups is 1. The molecule has 9 heteroatoms. The molecule has 0 radical (unpaired) electrons. The number of thioether (sulfide) groups is 1. The summed E-state index contributed by atoms with van der Waals surface area (Å²) in [4.78, 5) is 16.3. The summed E-state index contributed by atoms with van der Waals surface area (Å²) in [6.45, 7) is 0. The molecule has 3 rings (SSSR count). The fourth-order valence-corrected chi connectivity index (χ4v) is 3.14. The average molecular weight is 464 g/mol. The van der Waals surface area contributed by atoms with E-state index in [0.717, 1.165) is 23.9 Å². The van der Waals surface area contributed by atoms with Gasteiger partial charge in [0.2, 0.25) is 0 Å². The number of hydrogen-bond donors (Lipinski definition) is 1. The van der Waals surface area contributed by atoms with E-state index in [2.05, 4.69) is 10.3 Å².